The predicted molar refractivity (Wildman–Crippen MR) is 152 cm³/mol. The molecule has 0 aliphatic heterocycles. The standard InChI is InChI=1S/C18H12O.C17H12NO.Pt/c19-18-12-5-4-11-17(18)16-10-6-9-15(13-16)14-7-2-1-3-8-14;19-17-10-2-1-8-15(17)13-6-5-7-14(12-13)16-9-3-4-11-18-16;/h1-7,9-12,19H;1-11,19H;/q-2;-1;. The van der Waals surface area contributed by atoms with Crippen LogP contribution in [0.1, 0.15) is 0 Å². The van der Waals surface area contributed by atoms with Gasteiger partial charge in [-0.2, -0.15) is 42.0 Å². The van der Waals surface area contributed by atoms with Crippen molar-refractivity contribution in [1.29, 1.82) is 0 Å². The van der Waals surface area contributed by atoms with Gasteiger partial charge in [-0.15, -0.1) is 53.6 Å². The first-order valence-electron chi connectivity index (χ1n) is 12.2. The zero-order valence-corrected chi connectivity index (χ0v) is 23.1. The second kappa shape index (κ2) is 13.4. The largest absolute Gasteiger partial charge is 0.515 e. The molecule has 0 aliphatic rings. The van der Waals surface area contributed by atoms with E-state index in [4.69, 9.17) is 0 Å². The Morgan fingerprint density at radius 1 is 0.462 bits per heavy atom. The van der Waals surface area contributed by atoms with Gasteiger partial charge in [-0.25, -0.2) is 5.56 Å². The van der Waals surface area contributed by atoms with Gasteiger partial charge in [0.05, 0.1) is 11.5 Å². The number of hydrogen-bond donors (Lipinski definition) is 2. The van der Waals surface area contributed by atoms with Gasteiger partial charge >= 0.3 is 0 Å². The van der Waals surface area contributed by atoms with E-state index in [-0.39, 0.29) is 32.6 Å². The number of para-hydroxylation sites is 2. The minimum Gasteiger partial charge on any atom is -0.515 e. The molecule has 0 unspecified atom stereocenters. The molecule has 1 aromatic heterocycles. The van der Waals surface area contributed by atoms with E-state index in [0.29, 0.717) is 0 Å². The Balaban J connectivity index is 0.000000176. The Morgan fingerprint density at radius 3 is 1.54 bits per heavy atom. The number of aromatic hydroxyl groups is 2. The number of phenols is 2. The number of aromatic nitrogens is 1. The molecule has 194 valence electrons. The maximum Gasteiger partial charge on any atom is 0.0901 e. The molecular weight excluding hydrogens is 661 g/mol. The fraction of sp³-hybridized carbons (Fsp3) is 0. The summed E-state index contributed by atoms with van der Waals surface area (Å²) in [5, 5.41) is 19.8. The summed E-state index contributed by atoms with van der Waals surface area (Å²) < 4.78 is 0. The van der Waals surface area contributed by atoms with Crippen LogP contribution in [0.2, 0.25) is 0 Å². The number of phenolic OH excluding ortho intramolecular Hbond substituents is 2. The van der Waals surface area contributed by atoms with Crippen LogP contribution in [0.3, 0.4) is 0 Å². The van der Waals surface area contributed by atoms with E-state index in [2.05, 4.69) is 23.2 Å². The van der Waals surface area contributed by atoms with Crippen LogP contribution < -0.4 is 0 Å². The molecule has 6 aromatic rings. The predicted octanol–water partition coefficient (Wildman–Crippen LogP) is 8.25. The van der Waals surface area contributed by atoms with E-state index in [0.717, 1.165) is 44.6 Å². The van der Waals surface area contributed by atoms with Gasteiger partial charge in [0.25, 0.3) is 0 Å². The average molecular weight is 686 g/mol. The molecule has 0 atom stereocenters. The normalized spacial score (nSPS) is 10.1. The maximum absolute atomic E-state index is 9.90. The molecule has 0 aliphatic carbocycles. The van der Waals surface area contributed by atoms with Gasteiger partial charge in [-0.05, 0) is 29.3 Å². The van der Waals surface area contributed by atoms with Crippen LogP contribution in [0, 0.1) is 18.2 Å². The fourth-order valence-corrected chi connectivity index (χ4v) is 4.04. The molecule has 0 bridgehead atoms. The number of hydrogen-bond acceptors (Lipinski definition) is 3. The summed E-state index contributed by atoms with van der Waals surface area (Å²) in [6.45, 7) is 0. The van der Waals surface area contributed by atoms with Crippen molar-refractivity contribution in [2.24, 2.45) is 0 Å². The van der Waals surface area contributed by atoms with Crippen LogP contribution in [-0.4, -0.2) is 15.2 Å². The first kappa shape index (κ1) is 27.6. The number of benzene rings is 5. The molecule has 39 heavy (non-hydrogen) atoms. The Bertz CT molecular complexity index is 1510. The minimum atomic E-state index is 0. The van der Waals surface area contributed by atoms with Crippen LogP contribution >= 0.6 is 0 Å². The van der Waals surface area contributed by atoms with Crippen molar-refractivity contribution in [3.63, 3.8) is 0 Å². The molecule has 2 N–H and O–H groups in total. The summed E-state index contributed by atoms with van der Waals surface area (Å²) >= 11 is 0. The van der Waals surface area contributed by atoms with E-state index in [9.17, 15) is 10.2 Å². The second-order valence-electron chi connectivity index (χ2n) is 8.48. The molecule has 0 spiro atoms. The van der Waals surface area contributed by atoms with E-state index < -0.39 is 0 Å². The molecule has 1 heterocycles. The van der Waals surface area contributed by atoms with Gasteiger partial charge in [0, 0.05) is 33.0 Å². The van der Waals surface area contributed by atoms with Crippen LogP contribution in [0.5, 0.6) is 11.5 Å². The van der Waals surface area contributed by atoms with E-state index in [1.165, 1.54) is 0 Å². The quantitative estimate of drug-likeness (QED) is 0.184. The Labute approximate surface area is 243 Å². The van der Waals surface area contributed by atoms with Crippen molar-refractivity contribution in [2.75, 3.05) is 0 Å². The summed E-state index contributed by atoms with van der Waals surface area (Å²) in [4.78, 5) is 4.31. The molecule has 0 saturated heterocycles. The molecule has 3 nitrogen and oxygen atoms in total. The zero-order chi connectivity index (χ0) is 26.2. The SMILES string of the molecule is Oc1ccccc1-c1[c-]c(-c2[c-]cccc2)ccc1.Oc1ccccc1-c1[c-]c(-c2ccccn2)ccc1.[Pt]. The Hall–Kier alpha value is -4.46. The van der Waals surface area contributed by atoms with Gasteiger partial charge < -0.3 is 10.2 Å². The van der Waals surface area contributed by atoms with Crippen molar-refractivity contribution < 1.29 is 31.3 Å². The Morgan fingerprint density at radius 2 is 0.974 bits per heavy atom. The van der Waals surface area contributed by atoms with Gasteiger partial charge in [0.1, 0.15) is 0 Å². The summed E-state index contributed by atoms with van der Waals surface area (Å²) in [5.41, 5.74) is 7.08. The first-order chi connectivity index (χ1) is 18.7. The van der Waals surface area contributed by atoms with Crippen molar-refractivity contribution in [1.82, 2.24) is 4.98 Å². The van der Waals surface area contributed by atoms with Crippen molar-refractivity contribution >= 4 is 0 Å². The van der Waals surface area contributed by atoms with Crippen LogP contribution in [-0.2, 0) is 21.1 Å². The first-order valence-corrected chi connectivity index (χ1v) is 12.2. The third-order valence-corrected chi connectivity index (χ3v) is 5.92. The molecule has 5 aromatic carbocycles. The monoisotopic (exact) mass is 685 g/mol. The van der Waals surface area contributed by atoms with E-state index in [1.54, 1.807) is 24.4 Å². The smallest absolute Gasteiger partial charge is 0.0901 e. The van der Waals surface area contributed by atoms with Gasteiger partial charge in [-0.3, -0.25) is 4.98 Å². The van der Waals surface area contributed by atoms with Crippen LogP contribution in [0.15, 0.2) is 134 Å². The second-order valence-corrected chi connectivity index (χ2v) is 8.48. The van der Waals surface area contributed by atoms with Crippen LogP contribution in [0.25, 0.3) is 44.6 Å². The molecule has 4 heteroatoms. The van der Waals surface area contributed by atoms with E-state index in [1.807, 2.05) is 109 Å². The summed E-state index contributed by atoms with van der Waals surface area (Å²) in [7, 11) is 0. The Kier molecular flexibility index (Phi) is 9.45. The molecule has 0 radical (unpaired) electrons. The zero-order valence-electron chi connectivity index (χ0n) is 20.9. The van der Waals surface area contributed by atoms with Crippen LogP contribution in [0.4, 0.5) is 0 Å². The third-order valence-electron chi connectivity index (χ3n) is 5.92. The molecular formula is C35H24NO2Pt-3. The molecule has 0 saturated carbocycles. The average Bonchev–Trinajstić information content (AvgIpc) is 2.99. The summed E-state index contributed by atoms with van der Waals surface area (Å²) in [6.07, 6.45) is 1.76. The summed E-state index contributed by atoms with van der Waals surface area (Å²) in [5.74, 6) is 0.532. The summed E-state index contributed by atoms with van der Waals surface area (Å²) in [6, 6.07) is 49.7. The van der Waals surface area contributed by atoms with Gasteiger partial charge in [0.2, 0.25) is 0 Å². The van der Waals surface area contributed by atoms with Crippen molar-refractivity contribution in [3.8, 4) is 56.1 Å². The van der Waals surface area contributed by atoms with Gasteiger partial charge in [-0.1, -0.05) is 54.1 Å². The molecule has 0 fully saturated rings. The third kappa shape index (κ3) is 6.90. The van der Waals surface area contributed by atoms with E-state index >= 15 is 0 Å². The molecule has 0 amide bonds. The number of nitrogens with zero attached hydrogens (tertiary/aromatic N) is 1. The van der Waals surface area contributed by atoms with Crippen molar-refractivity contribution in [2.45, 2.75) is 0 Å². The fourth-order valence-electron chi connectivity index (χ4n) is 4.04. The number of pyridine rings is 1. The van der Waals surface area contributed by atoms with Crippen molar-refractivity contribution in [3.05, 3.63) is 152 Å². The molecule has 6 rings (SSSR count). The maximum atomic E-state index is 9.90. The minimum absolute atomic E-state index is 0. The van der Waals surface area contributed by atoms with Gasteiger partial charge in [0.15, 0.2) is 0 Å². The topological polar surface area (TPSA) is 53.4 Å². The number of rotatable bonds is 4.